The number of methoxy groups -OCH3 is 1. The van der Waals surface area contributed by atoms with Crippen molar-refractivity contribution in [2.45, 2.75) is 4.90 Å². The number of sulfone groups is 1. The van der Waals surface area contributed by atoms with E-state index >= 15 is 0 Å². The highest BCUT2D eigenvalue weighted by molar-refractivity contribution is 7.91. The quantitative estimate of drug-likeness (QED) is 0.910. The van der Waals surface area contributed by atoms with Gasteiger partial charge in [0.15, 0.2) is 21.3 Å². The van der Waals surface area contributed by atoms with Crippen LogP contribution in [-0.4, -0.2) is 38.0 Å². The Labute approximate surface area is 114 Å². The van der Waals surface area contributed by atoms with Crippen LogP contribution in [0.3, 0.4) is 0 Å². The van der Waals surface area contributed by atoms with Gasteiger partial charge in [0.25, 0.3) is 0 Å². The van der Waals surface area contributed by atoms with E-state index in [4.69, 9.17) is 14.4 Å². The molecule has 0 spiro atoms. The van der Waals surface area contributed by atoms with Crippen molar-refractivity contribution in [3.63, 3.8) is 0 Å². The number of nitrogens with zero attached hydrogens (tertiary/aromatic N) is 1. The molecule has 0 atom stereocenters. The van der Waals surface area contributed by atoms with Crippen LogP contribution in [0, 0.1) is 0 Å². The number of carboxylic acids is 1. The molecule has 0 aliphatic heterocycles. The van der Waals surface area contributed by atoms with Crippen molar-refractivity contribution in [1.82, 2.24) is 5.16 Å². The van der Waals surface area contributed by atoms with Crippen molar-refractivity contribution in [2.24, 2.45) is 0 Å². The fourth-order valence-corrected chi connectivity index (χ4v) is 2.84. The molecule has 1 heterocycles. The summed E-state index contributed by atoms with van der Waals surface area (Å²) < 4.78 is 33.7. The van der Waals surface area contributed by atoms with Crippen molar-refractivity contribution in [3.8, 4) is 17.1 Å². The summed E-state index contributed by atoms with van der Waals surface area (Å²) in [5.74, 6) is -1.07. The summed E-state index contributed by atoms with van der Waals surface area (Å²) in [5.41, 5.74) is -0.103. The maximum atomic E-state index is 11.9. The van der Waals surface area contributed by atoms with Gasteiger partial charge in [0.2, 0.25) is 0 Å². The molecule has 0 aliphatic rings. The largest absolute Gasteiger partial charge is 0.495 e. The van der Waals surface area contributed by atoms with Crippen molar-refractivity contribution < 1.29 is 27.6 Å². The van der Waals surface area contributed by atoms with Gasteiger partial charge in [-0.05, 0) is 12.1 Å². The summed E-state index contributed by atoms with van der Waals surface area (Å²) in [6, 6.07) is 5.72. The first-order chi connectivity index (χ1) is 9.34. The minimum absolute atomic E-state index is 0.0433. The van der Waals surface area contributed by atoms with Crippen molar-refractivity contribution in [1.29, 1.82) is 0 Å². The molecule has 0 amide bonds. The van der Waals surface area contributed by atoms with Crippen molar-refractivity contribution in [3.05, 3.63) is 30.0 Å². The maximum absolute atomic E-state index is 11.9. The molecule has 0 radical (unpaired) electrons. The standard InChI is InChI=1S/C12H11NO6S/c1-18-9-5-3-4-7(11(9)20(2,16)17)10-6-8(12(14)15)13-19-10/h3-6H,1-2H3,(H,14,15). The Hall–Kier alpha value is -2.35. The van der Waals surface area contributed by atoms with Gasteiger partial charge in [0.1, 0.15) is 10.6 Å². The number of rotatable bonds is 4. The summed E-state index contributed by atoms with van der Waals surface area (Å²) >= 11 is 0. The zero-order valence-corrected chi connectivity index (χ0v) is 11.5. The number of benzene rings is 1. The maximum Gasteiger partial charge on any atom is 0.358 e. The zero-order valence-electron chi connectivity index (χ0n) is 10.7. The Morgan fingerprint density at radius 1 is 1.40 bits per heavy atom. The van der Waals surface area contributed by atoms with Crippen LogP contribution < -0.4 is 4.74 Å². The van der Waals surface area contributed by atoms with Gasteiger partial charge < -0.3 is 14.4 Å². The minimum atomic E-state index is -3.60. The van der Waals surface area contributed by atoms with E-state index in [1.807, 2.05) is 0 Å². The van der Waals surface area contributed by atoms with E-state index in [9.17, 15) is 13.2 Å². The lowest BCUT2D eigenvalue weighted by Gasteiger charge is -2.10. The Morgan fingerprint density at radius 2 is 2.10 bits per heavy atom. The average molecular weight is 297 g/mol. The molecule has 2 aromatic rings. The first-order valence-corrected chi connectivity index (χ1v) is 7.31. The van der Waals surface area contributed by atoms with Gasteiger partial charge in [-0.25, -0.2) is 13.2 Å². The predicted octanol–water partition coefficient (Wildman–Crippen LogP) is 1.45. The highest BCUT2D eigenvalue weighted by Gasteiger charge is 2.23. The molecule has 0 fully saturated rings. The van der Waals surface area contributed by atoms with Gasteiger partial charge in [-0.15, -0.1) is 0 Å². The Balaban J connectivity index is 2.70. The highest BCUT2D eigenvalue weighted by Crippen LogP contribution is 2.34. The van der Waals surface area contributed by atoms with E-state index in [0.717, 1.165) is 12.3 Å². The summed E-state index contributed by atoms with van der Waals surface area (Å²) in [6.07, 6.45) is 1.03. The molecule has 0 saturated heterocycles. The van der Waals surface area contributed by atoms with Crippen LogP contribution in [0.4, 0.5) is 0 Å². The monoisotopic (exact) mass is 297 g/mol. The molecule has 8 heteroatoms. The lowest BCUT2D eigenvalue weighted by molar-refractivity contribution is 0.0686. The number of carbonyl (C=O) groups is 1. The number of hydrogen-bond donors (Lipinski definition) is 1. The molecule has 0 unspecified atom stereocenters. The third-order valence-electron chi connectivity index (χ3n) is 2.56. The normalized spacial score (nSPS) is 11.3. The number of carboxylic acid groups (broad SMARTS) is 1. The third kappa shape index (κ3) is 2.50. The minimum Gasteiger partial charge on any atom is -0.495 e. The summed E-state index contributed by atoms with van der Waals surface area (Å²) in [7, 11) is -2.25. The number of aromatic nitrogens is 1. The smallest absolute Gasteiger partial charge is 0.358 e. The van der Waals surface area contributed by atoms with E-state index < -0.39 is 15.8 Å². The van der Waals surface area contributed by atoms with E-state index in [2.05, 4.69) is 5.16 Å². The summed E-state index contributed by atoms with van der Waals surface area (Å²) in [6.45, 7) is 0. The van der Waals surface area contributed by atoms with Crippen LogP contribution in [0.2, 0.25) is 0 Å². The molecular formula is C12H11NO6S. The second-order valence-corrected chi connectivity index (χ2v) is 5.94. The number of aromatic carboxylic acids is 1. The number of hydrogen-bond acceptors (Lipinski definition) is 6. The summed E-state index contributed by atoms with van der Waals surface area (Å²) in [4.78, 5) is 10.7. The Morgan fingerprint density at radius 3 is 2.60 bits per heavy atom. The van der Waals surface area contributed by atoms with E-state index in [0.29, 0.717) is 0 Å². The summed E-state index contributed by atoms with van der Waals surface area (Å²) in [5, 5.41) is 12.2. The molecule has 106 valence electrons. The molecule has 0 saturated carbocycles. The van der Waals surface area contributed by atoms with Crippen LogP contribution in [0.15, 0.2) is 33.7 Å². The SMILES string of the molecule is COc1cccc(-c2cc(C(=O)O)no2)c1S(C)(=O)=O. The predicted molar refractivity (Wildman–Crippen MR) is 68.6 cm³/mol. The molecule has 0 bridgehead atoms. The van der Waals surface area contributed by atoms with Crippen LogP contribution in [0.1, 0.15) is 10.5 Å². The third-order valence-corrected chi connectivity index (χ3v) is 3.73. The van der Waals surface area contributed by atoms with Gasteiger partial charge in [-0.2, -0.15) is 0 Å². The molecule has 2 rings (SSSR count). The van der Waals surface area contributed by atoms with Crippen LogP contribution in [0.25, 0.3) is 11.3 Å². The lowest BCUT2D eigenvalue weighted by Crippen LogP contribution is -2.03. The Kier molecular flexibility index (Phi) is 3.49. The topological polar surface area (TPSA) is 107 Å². The van der Waals surface area contributed by atoms with Gasteiger partial charge in [-0.3, -0.25) is 0 Å². The zero-order chi connectivity index (χ0) is 14.9. The number of ether oxygens (including phenoxy) is 1. The van der Waals surface area contributed by atoms with Gasteiger partial charge in [-0.1, -0.05) is 11.2 Å². The van der Waals surface area contributed by atoms with Crippen molar-refractivity contribution in [2.75, 3.05) is 13.4 Å². The fraction of sp³-hybridized carbons (Fsp3) is 0.167. The Bertz CT molecular complexity index is 762. The van der Waals surface area contributed by atoms with Crippen LogP contribution in [0.5, 0.6) is 5.75 Å². The van der Waals surface area contributed by atoms with E-state index in [1.165, 1.54) is 19.2 Å². The molecule has 7 nitrogen and oxygen atoms in total. The van der Waals surface area contributed by atoms with Crippen LogP contribution >= 0.6 is 0 Å². The average Bonchev–Trinajstić information content (AvgIpc) is 2.86. The second-order valence-electron chi connectivity index (χ2n) is 3.99. The van der Waals surface area contributed by atoms with Crippen LogP contribution in [-0.2, 0) is 9.84 Å². The van der Waals surface area contributed by atoms with E-state index in [-0.39, 0.29) is 27.7 Å². The molecule has 1 aromatic carbocycles. The highest BCUT2D eigenvalue weighted by atomic mass is 32.2. The molecule has 0 aliphatic carbocycles. The van der Waals surface area contributed by atoms with Gasteiger partial charge >= 0.3 is 5.97 Å². The molecule has 1 N–H and O–H groups in total. The first kappa shape index (κ1) is 14.1. The lowest BCUT2D eigenvalue weighted by atomic mass is 10.1. The molecular weight excluding hydrogens is 286 g/mol. The van der Waals surface area contributed by atoms with Crippen molar-refractivity contribution >= 4 is 15.8 Å². The fourth-order valence-electron chi connectivity index (χ4n) is 1.76. The second kappa shape index (κ2) is 4.97. The molecule has 20 heavy (non-hydrogen) atoms. The first-order valence-electron chi connectivity index (χ1n) is 5.42. The molecule has 1 aromatic heterocycles. The van der Waals surface area contributed by atoms with E-state index in [1.54, 1.807) is 6.07 Å². The van der Waals surface area contributed by atoms with Gasteiger partial charge in [0, 0.05) is 17.9 Å². The van der Waals surface area contributed by atoms with Gasteiger partial charge in [0.05, 0.1) is 7.11 Å².